The number of ketones is 1. The van der Waals surface area contributed by atoms with Gasteiger partial charge in [0.05, 0.1) is 41.7 Å². The van der Waals surface area contributed by atoms with Crippen molar-refractivity contribution in [2.75, 3.05) is 13.7 Å². The van der Waals surface area contributed by atoms with E-state index in [9.17, 15) is 14.7 Å². The molecule has 0 unspecified atom stereocenters. The fraction of sp³-hybridized carbons (Fsp3) is 0.350. The molecule has 2 heterocycles. The van der Waals surface area contributed by atoms with Gasteiger partial charge >= 0.3 is 0 Å². The summed E-state index contributed by atoms with van der Waals surface area (Å²) in [6.07, 6.45) is 0. The predicted molar refractivity (Wildman–Crippen MR) is 104 cm³/mol. The highest BCUT2D eigenvalue weighted by Crippen LogP contribution is 2.38. The van der Waals surface area contributed by atoms with Crippen LogP contribution in [0.5, 0.6) is 5.75 Å². The van der Waals surface area contributed by atoms with E-state index in [0.29, 0.717) is 23.0 Å². The number of amides is 1. The first-order valence-corrected chi connectivity index (χ1v) is 9.22. The Morgan fingerprint density at radius 3 is 2.39 bits per heavy atom. The van der Waals surface area contributed by atoms with Gasteiger partial charge in [-0.25, -0.2) is 0 Å². The van der Waals surface area contributed by atoms with E-state index in [4.69, 9.17) is 16.3 Å². The Balaban J connectivity index is 1.94. The smallest absolute Gasteiger partial charge is 0.290 e. The molecular formula is C20H22ClN3O4. The molecule has 1 N–H and O–H groups in total. The molecule has 7 nitrogen and oxygen atoms in total. The summed E-state index contributed by atoms with van der Waals surface area (Å²) in [6.45, 7) is 5.66. The van der Waals surface area contributed by atoms with Gasteiger partial charge in [0.25, 0.3) is 5.91 Å². The molecule has 28 heavy (non-hydrogen) atoms. The van der Waals surface area contributed by atoms with Gasteiger partial charge in [-0.05, 0) is 38.5 Å². The van der Waals surface area contributed by atoms with Gasteiger partial charge in [-0.2, -0.15) is 5.10 Å². The van der Waals surface area contributed by atoms with Crippen LogP contribution in [0.25, 0.3) is 0 Å². The fourth-order valence-corrected chi connectivity index (χ4v) is 3.61. The molecule has 0 aliphatic carbocycles. The zero-order chi connectivity index (χ0) is 20.6. The van der Waals surface area contributed by atoms with Crippen LogP contribution in [0.4, 0.5) is 0 Å². The molecule has 1 atom stereocenters. The van der Waals surface area contributed by atoms with Crippen LogP contribution in [0.3, 0.4) is 0 Å². The Morgan fingerprint density at radius 1 is 1.25 bits per heavy atom. The number of aliphatic hydroxyl groups excluding tert-OH is 1. The van der Waals surface area contributed by atoms with Crippen LogP contribution in [0.2, 0.25) is 5.02 Å². The van der Waals surface area contributed by atoms with Crippen molar-refractivity contribution >= 4 is 23.3 Å². The van der Waals surface area contributed by atoms with E-state index in [2.05, 4.69) is 5.10 Å². The molecular weight excluding hydrogens is 382 g/mol. The molecule has 3 rings (SSSR count). The minimum atomic E-state index is -0.664. The maximum Gasteiger partial charge on any atom is 0.290 e. The number of hydrogen-bond donors (Lipinski definition) is 1. The van der Waals surface area contributed by atoms with Crippen molar-refractivity contribution in [3.05, 3.63) is 57.6 Å². The standard InChI is InChI=1S/C20H22ClN3O4/c1-11-17(21)12(2)24(22-11)10-9-23-18(14-5-7-15(28-4)8-6-14)16(13(3)25)19(26)20(23)27/h5-8,18,26H,9-10H2,1-4H3/t18-/m1/s1. The van der Waals surface area contributed by atoms with Gasteiger partial charge < -0.3 is 14.7 Å². The first-order valence-electron chi connectivity index (χ1n) is 8.84. The number of benzene rings is 1. The normalized spacial score (nSPS) is 16.8. The second-order valence-electron chi connectivity index (χ2n) is 6.70. The number of aliphatic hydroxyl groups is 1. The van der Waals surface area contributed by atoms with Crippen molar-refractivity contribution in [3.63, 3.8) is 0 Å². The first-order chi connectivity index (χ1) is 13.3. The number of ether oxygens (including phenoxy) is 1. The van der Waals surface area contributed by atoms with Gasteiger partial charge in [-0.15, -0.1) is 0 Å². The Labute approximate surface area is 168 Å². The van der Waals surface area contributed by atoms with Crippen LogP contribution in [0.15, 0.2) is 35.6 Å². The molecule has 2 aromatic rings. The highest BCUT2D eigenvalue weighted by atomic mass is 35.5. The molecule has 0 fully saturated rings. The van der Waals surface area contributed by atoms with E-state index in [1.165, 1.54) is 11.8 Å². The van der Waals surface area contributed by atoms with Gasteiger partial charge in [0.1, 0.15) is 5.75 Å². The number of rotatable bonds is 6. The molecule has 0 saturated heterocycles. The summed E-state index contributed by atoms with van der Waals surface area (Å²) >= 11 is 6.19. The van der Waals surface area contributed by atoms with Crippen molar-refractivity contribution < 1.29 is 19.4 Å². The zero-order valence-corrected chi connectivity index (χ0v) is 16.9. The van der Waals surface area contributed by atoms with Crippen molar-refractivity contribution in [2.24, 2.45) is 0 Å². The lowest BCUT2D eigenvalue weighted by Crippen LogP contribution is -2.34. The van der Waals surface area contributed by atoms with E-state index in [-0.39, 0.29) is 17.9 Å². The van der Waals surface area contributed by atoms with Crippen molar-refractivity contribution in [1.82, 2.24) is 14.7 Å². The summed E-state index contributed by atoms with van der Waals surface area (Å²) in [6, 6.07) is 6.41. The van der Waals surface area contributed by atoms with Gasteiger partial charge in [-0.3, -0.25) is 14.3 Å². The van der Waals surface area contributed by atoms with Crippen LogP contribution in [-0.2, 0) is 16.1 Å². The lowest BCUT2D eigenvalue weighted by atomic mass is 9.96. The Bertz CT molecular complexity index is 963. The van der Waals surface area contributed by atoms with Gasteiger partial charge in [-0.1, -0.05) is 23.7 Å². The summed E-state index contributed by atoms with van der Waals surface area (Å²) in [5.41, 5.74) is 2.33. The second kappa shape index (κ2) is 7.67. The molecule has 1 aliphatic heterocycles. The second-order valence-corrected chi connectivity index (χ2v) is 7.08. The third-order valence-electron chi connectivity index (χ3n) is 4.96. The number of hydrogen-bond acceptors (Lipinski definition) is 5. The van der Waals surface area contributed by atoms with E-state index >= 15 is 0 Å². The third-order valence-corrected chi connectivity index (χ3v) is 5.51. The molecule has 0 saturated carbocycles. The molecule has 1 aromatic carbocycles. The zero-order valence-electron chi connectivity index (χ0n) is 16.2. The van der Waals surface area contributed by atoms with E-state index < -0.39 is 17.7 Å². The number of aryl methyl sites for hydroxylation is 1. The van der Waals surface area contributed by atoms with Gasteiger partial charge in [0.2, 0.25) is 0 Å². The highest BCUT2D eigenvalue weighted by molar-refractivity contribution is 6.31. The summed E-state index contributed by atoms with van der Waals surface area (Å²) < 4.78 is 6.90. The summed E-state index contributed by atoms with van der Waals surface area (Å²) in [7, 11) is 1.56. The SMILES string of the molecule is COc1ccc([C@@H]2C(C(C)=O)=C(O)C(=O)N2CCn2nc(C)c(Cl)c2C)cc1. The van der Waals surface area contributed by atoms with Crippen LogP contribution in [-0.4, -0.2) is 45.1 Å². The number of carbonyl (C=O) groups excluding carboxylic acids is 2. The molecule has 1 aliphatic rings. The lowest BCUT2D eigenvalue weighted by Gasteiger charge is -2.27. The number of Topliss-reactive ketones (excluding diaryl/α,β-unsaturated/α-hetero) is 1. The number of carbonyl (C=O) groups is 2. The van der Waals surface area contributed by atoms with Crippen LogP contribution in [0.1, 0.15) is 29.9 Å². The Morgan fingerprint density at radius 2 is 1.89 bits per heavy atom. The van der Waals surface area contributed by atoms with E-state index in [1.54, 1.807) is 36.1 Å². The van der Waals surface area contributed by atoms with Crippen LogP contribution < -0.4 is 4.74 Å². The molecule has 0 spiro atoms. The van der Waals surface area contributed by atoms with Gasteiger partial charge in [0, 0.05) is 6.54 Å². The maximum atomic E-state index is 12.7. The van der Waals surface area contributed by atoms with Gasteiger partial charge in [0.15, 0.2) is 11.5 Å². The summed E-state index contributed by atoms with van der Waals surface area (Å²) in [4.78, 5) is 26.3. The quantitative estimate of drug-likeness (QED) is 0.800. The molecule has 1 aromatic heterocycles. The summed E-state index contributed by atoms with van der Waals surface area (Å²) in [5, 5.41) is 15.3. The molecule has 148 valence electrons. The topological polar surface area (TPSA) is 84.7 Å². The Hall–Kier alpha value is -2.80. The summed E-state index contributed by atoms with van der Waals surface area (Å²) in [5.74, 6) is -0.754. The van der Waals surface area contributed by atoms with E-state index in [0.717, 1.165) is 11.3 Å². The van der Waals surface area contributed by atoms with Crippen molar-refractivity contribution in [3.8, 4) is 5.75 Å². The first kappa shape index (κ1) is 19.9. The maximum absolute atomic E-state index is 12.7. The molecule has 1 amide bonds. The predicted octanol–water partition coefficient (Wildman–Crippen LogP) is 3.15. The number of nitrogens with zero attached hydrogens (tertiary/aromatic N) is 3. The number of aromatic nitrogens is 2. The van der Waals surface area contributed by atoms with E-state index in [1.807, 2.05) is 13.8 Å². The monoisotopic (exact) mass is 403 g/mol. The minimum absolute atomic E-state index is 0.0987. The number of methoxy groups -OCH3 is 1. The molecule has 8 heteroatoms. The average Bonchev–Trinajstić information content (AvgIpc) is 3.08. The Kier molecular flexibility index (Phi) is 5.47. The minimum Gasteiger partial charge on any atom is -0.503 e. The fourth-order valence-electron chi connectivity index (χ4n) is 3.47. The van der Waals surface area contributed by atoms with Crippen molar-refractivity contribution in [2.45, 2.75) is 33.4 Å². The van der Waals surface area contributed by atoms with Crippen molar-refractivity contribution in [1.29, 1.82) is 0 Å². The lowest BCUT2D eigenvalue weighted by molar-refractivity contribution is -0.129. The highest BCUT2D eigenvalue weighted by Gasteiger charge is 2.42. The molecule has 0 bridgehead atoms. The third kappa shape index (κ3) is 3.38. The largest absolute Gasteiger partial charge is 0.503 e. The molecule has 0 radical (unpaired) electrons. The van der Waals surface area contributed by atoms with Crippen LogP contribution in [0, 0.1) is 13.8 Å². The van der Waals surface area contributed by atoms with Crippen LogP contribution >= 0.6 is 11.6 Å². The average molecular weight is 404 g/mol. The number of halogens is 1.